The van der Waals surface area contributed by atoms with Crippen LogP contribution in [0.25, 0.3) is 10.9 Å². The Bertz CT molecular complexity index is 1450. The van der Waals surface area contributed by atoms with E-state index in [1.807, 2.05) is 48.0 Å². The van der Waals surface area contributed by atoms with E-state index in [4.69, 9.17) is 4.98 Å². The minimum Gasteiger partial charge on any atom is -0.347 e. The molecule has 1 atom stereocenters. The largest absolute Gasteiger partial charge is 0.347 e. The number of nitrogens with one attached hydrogen (secondary N) is 2. The fourth-order valence-corrected chi connectivity index (χ4v) is 6.24. The van der Waals surface area contributed by atoms with Crippen LogP contribution in [0.3, 0.4) is 0 Å². The van der Waals surface area contributed by atoms with Gasteiger partial charge in [-0.2, -0.15) is 5.10 Å². The van der Waals surface area contributed by atoms with Gasteiger partial charge in [-0.1, -0.05) is 44.2 Å². The van der Waals surface area contributed by atoms with Gasteiger partial charge in [0.25, 0.3) is 0 Å². The lowest BCUT2D eigenvalue weighted by atomic mass is 10.1. The van der Waals surface area contributed by atoms with Crippen LogP contribution in [-0.2, 0) is 29.4 Å². The summed E-state index contributed by atoms with van der Waals surface area (Å²) in [5, 5.41) is 8.40. The second-order valence-corrected chi connectivity index (χ2v) is 11.7. The quantitative estimate of drug-likeness (QED) is 0.219. The van der Waals surface area contributed by atoms with E-state index >= 15 is 0 Å². The molecule has 4 rings (SSSR count). The van der Waals surface area contributed by atoms with Crippen molar-refractivity contribution in [3.05, 3.63) is 83.3 Å². The molecule has 0 radical (unpaired) electrons. The lowest BCUT2D eigenvalue weighted by molar-refractivity contribution is 0.304. The Morgan fingerprint density at radius 3 is 2.59 bits per heavy atom. The van der Waals surface area contributed by atoms with Gasteiger partial charge in [0.05, 0.1) is 17.3 Å². The average Bonchev–Trinajstić information content (AvgIpc) is 3.54. The minimum absolute atomic E-state index is 0.0513. The normalized spacial score (nSPS) is 12.9. The number of hydrogen-bond donors (Lipinski definition) is 2. The Balaban J connectivity index is 1.52. The van der Waals surface area contributed by atoms with Crippen LogP contribution in [0.1, 0.15) is 62.4 Å². The molecule has 8 nitrogen and oxygen atoms in total. The third-order valence-electron chi connectivity index (χ3n) is 7.15. The molecule has 2 aromatic heterocycles. The summed E-state index contributed by atoms with van der Waals surface area (Å²) in [4.78, 5) is 6.93. The molecule has 0 amide bonds. The molecule has 10 heteroatoms. The summed E-state index contributed by atoms with van der Waals surface area (Å²) in [6, 6.07) is 14.2. The van der Waals surface area contributed by atoms with Gasteiger partial charge in [0.2, 0.25) is 10.0 Å². The number of aryl methyl sites for hydroxylation is 2. The van der Waals surface area contributed by atoms with Crippen molar-refractivity contribution in [3.63, 3.8) is 0 Å². The van der Waals surface area contributed by atoms with E-state index in [1.54, 1.807) is 12.1 Å². The Morgan fingerprint density at radius 1 is 1.10 bits per heavy atom. The van der Waals surface area contributed by atoms with E-state index < -0.39 is 16.1 Å². The van der Waals surface area contributed by atoms with E-state index in [9.17, 15) is 12.8 Å². The van der Waals surface area contributed by atoms with Gasteiger partial charge >= 0.3 is 0 Å². The topological polar surface area (TPSA) is 95.9 Å². The highest BCUT2D eigenvalue weighted by Gasteiger charge is 2.24. The maximum absolute atomic E-state index is 13.9. The van der Waals surface area contributed by atoms with Crippen LogP contribution < -0.4 is 4.72 Å². The van der Waals surface area contributed by atoms with Gasteiger partial charge in [-0.05, 0) is 75.1 Å². The van der Waals surface area contributed by atoms with Gasteiger partial charge in [-0.3, -0.25) is 5.10 Å². The third kappa shape index (κ3) is 7.74. The van der Waals surface area contributed by atoms with Crippen molar-refractivity contribution in [1.82, 2.24) is 29.4 Å². The number of sulfonamides is 1. The lowest BCUT2D eigenvalue weighted by Gasteiger charge is -2.19. The average molecular weight is 555 g/mol. The SMILES string of the molecule is CCN(CC)CCCS(=O)(=O)N[C@H](CCc1ccccc1)c1n[nH]c(Cc2cn(CC)c3cc(F)ccc23)n1. The van der Waals surface area contributed by atoms with Crippen molar-refractivity contribution in [2.75, 3.05) is 25.4 Å². The van der Waals surface area contributed by atoms with Crippen molar-refractivity contribution in [2.45, 2.75) is 59.0 Å². The first-order valence-electron chi connectivity index (χ1n) is 13.8. The molecule has 4 aromatic rings. The Hall–Kier alpha value is -3.08. The van der Waals surface area contributed by atoms with Crippen LogP contribution in [0.5, 0.6) is 0 Å². The summed E-state index contributed by atoms with van der Waals surface area (Å²) in [5.74, 6) is 0.846. The van der Waals surface area contributed by atoms with Crippen LogP contribution in [-0.4, -0.2) is 58.5 Å². The lowest BCUT2D eigenvalue weighted by Crippen LogP contribution is -2.33. The summed E-state index contributed by atoms with van der Waals surface area (Å²) >= 11 is 0. The number of nitrogens with zero attached hydrogens (tertiary/aromatic N) is 4. The standard InChI is InChI=1S/C29H39FN6O2S/c1-4-35(5-2)17-10-18-39(37,38)34-26(16-13-22-11-8-7-9-12-22)29-31-28(32-33-29)19-23-21-36(6-3)27-20-24(30)14-15-25(23)27/h7-9,11-12,14-15,20-21,26,34H,4-6,10,13,16-19H2,1-3H3,(H,31,32,33)/t26-/m1/s1. The first-order valence-corrected chi connectivity index (χ1v) is 15.4. The van der Waals surface area contributed by atoms with Gasteiger partial charge in [0, 0.05) is 24.5 Å². The highest BCUT2D eigenvalue weighted by atomic mass is 32.2. The second kappa shape index (κ2) is 13.3. The summed E-state index contributed by atoms with van der Waals surface area (Å²) in [5.41, 5.74) is 2.97. The van der Waals surface area contributed by atoms with Crippen LogP contribution in [0.2, 0.25) is 0 Å². The highest BCUT2D eigenvalue weighted by Crippen LogP contribution is 2.25. The predicted octanol–water partition coefficient (Wildman–Crippen LogP) is 4.83. The highest BCUT2D eigenvalue weighted by molar-refractivity contribution is 7.89. The number of aromatic nitrogens is 4. The molecule has 0 fully saturated rings. The first-order chi connectivity index (χ1) is 18.8. The number of halogens is 1. The maximum Gasteiger partial charge on any atom is 0.212 e. The van der Waals surface area contributed by atoms with Crippen LogP contribution in [0.15, 0.2) is 54.7 Å². The monoisotopic (exact) mass is 554 g/mol. The van der Waals surface area contributed by atoms with Gasteiger partial charge in [0.1, 0.15) is 11.6 Å². The molecule has 0 saturated heterocycles. The zero-order valence-corrected chi connectivity index (χ0v) is 23.8. The number of fused-ring (bicyclic) bond motifs is 1. The Morgan fingerprint density at radius 2 is 1.87 bits per heavy atom. The summed E-state index contributed by atoms with van der Waals surface area (Å²) in [6.45, 7) is 9.43. The molecule has 210 valence electrons. The fourth-order valence-electron chi connectivity index (χ4n) is 4.96. The molecule has 2 aromatic carbocycles. The fraction of sp³-hybridized carbons (Fsp3) is 0.448. The predicted molar refractivity (Wildman–Crippen MR) is 154 cm³/mol. The van der Waals surface area contributed by atoms with E-state index in [0.717, 1.165) is 48.2 Å². The number of hydrogen-bond acceptors (Lipinski definition) is 5. The van der Waals surface area contributed by atoms with Crippen molar-refractivity contribution in [3.8, 4) is 0 Å². The molecule has 0 bridgehead atoms. The van der Waals surface area contributed by atoms with Gasteiger partial charge in [-0.25, -0.2) is 22.5 Å². The second-order valence-electron chi connectivity index (χ2n) is 9.81. The molecule has 0 aliphatic heterocycles. The maximum atomic E-state index is 13.9. The molecule has 0 aliphatic rings. The Kier molecular flexibility index (Phi) is 9.88. The molecular formula is C29H39FN6O2S. The molecular weight excluding hydrogens is 515 g/mol. The van der Waals surface area contributed by atoms with Crippen LogP contribution >= 0.6 is 0 Å². The number of H-pyrrole nitrogens is 1. The first kappa shape index (κ1) is 28.9. The molecule has 0 spiro atoms. The van der Waals surface area contributed by atoms with E-state index in [2.05, 4.69) is 33.7 Å². The van der Waals surface area contributed by atoms with Crippen LogP contribution in [0.4, 0.5) is 4.39 Å². The van der Waals surface area contributed by atoms with E-state index in [0.29, 0.717) is 37.3 Å². The number of rotatable bonds is 15. The summed E-state index contributed by atoms with van der Waals surface area (Å²) < 4.78 is 44.9. The third-order valence-corrected chi connectivity index (χ3v) is 8.62. The van der Waals surface area contributed by atoms with Crippen molar-refractivity contribution in [1.29, 1.82) is 0 Å². The van der Waals surface area contributed by atoms with Gasteiger partial charge < -0.3 is 9.47 Å². The molecule has 0 aliphatic carbocycles. The minimum atomic E-state index is -3.54. The zero-order valence-electron chi connectivity index (χ0n) is 23.0. The van der Waals surface area contributed by atoms with Gasteiger partial charge in [0.15, 0.2) is 5.82 Å². The molecule has 39 heavy (non-hydrogen) atoms. The van der Waals surface area contributed by atoms with Crippen molar-refractivity contribution in [2.24, 2.45) is 0 Å². The molecule has 0 unspecified atom stereocenters. The van der Waals surface area contributed by atoms with E-state index in [1.165, 1.54) is 6.07 Å². The smallest absolute Gasteiger partial charge is 0.212 e. The summed E-state index contributed by atoms with van der Waals surface area (Å²) in [6.07, 6.45) is 4.27. The molecule has 0 saturated carbocycles. The van der Waals surface area contributed by atoms with Crippen LogP contribution in [0, 0.1) is 5.82 Å². The van der Waals surface area contributed by atoms with Gasteiger partial charge in [-0.15, -0.1) is 0 Å². The zero-order chi connectivity index (χ0) is 27.8. The van der Waals surface area contributed by atoms with Crippen molar-refractivity contribution < 1.29 is 12.8 Å². The van der Waals surface area contributed by atoms with Crippen molar-refractivity contribution >= 4 is 20.9 Å². The Labute approximate surface area is 230 Å². The number of benzene rings is 2. The number of aromatic amines is 1. The molecule has 2 N–H and O–H groups in total. The molecule has 2 heterocycles. The van der Waals surface area contributed by atoms with E-state index in [-0.39, 0.29) is 11.6 Å². The summed E-state index contributed by atoms with van der Waals surface area (Å²) in [7, 11) is -3.54.